The van der Waals surface area contributed by atoms with E-state index >= 15 is 0 Å². The normalized spacial score (nSPS) is 17.8. The number of rotatable bonds is 8. The molecule has 9 nitrogen and oxygen atoms in total. The van der Waals surface area contributed by atoms with Gasteiger partial charge in [-0.15, -0.1) is 0 Å². The van der Waals surface area contributed by atoms with Gasteiger partial charge in [0.1, 0.15) is 0 Å². The topological polar surface area (TPSA) is 87.7 Å². The van der Waals surface area contributed by atoms with E-state index in [1.54, 1.807) is 0 Å². The number of piperidine rings is 1. The van der Waals surface area contributed by atoms with Gasteiger partial charge in [-0.3, -0.25) is 0 Å². The fourth-order valence-electron chi connectivity index (χ4n) is 4.61. The summed E-state index contributed by atoms with van der Waals surface area (Å²) in [5.41, 5.74) is 1.10. The van der Waals surface area contributed by atoms with E-state index in [0.717, 1.165) is 38.0 Å². The molecule has 2 aliphatic heterocycles. The number of anilines is 4. The average Bonchev–Trinajstić information content (AvgIpc) is 3.39. The van der Waals surface area contributed by atoms with Crippen molar-refractivity contribution in [1.82, 2.24) is 19.9 Å². The molecule has 3 heterocycles. The third-order valence-electron chi connectivity index (χ3n) is 6.48. The Morgan fingerprint density at radius 2 is 1.71 bits per heavy atom. The molecule has 1 aromatic heterocycles. The Morgan fingerprint density at radius 3 is 2.47 bits per heavy atom. The summed E-state index contributed by atoms with van der Waals surface area (Å²) >= 11 is 0. The monoisotopic (exact) mass is 463 g/mol. The highest BCUT2D eigenvalue weighted by Crippen LogP contribution is 2.32. The van der Waals surface area contributed by atoms with Crippen LogP contribution in [0.1, 0.15) is 19.3 Å². The second-order valence-corrected chi connectivity index (χ2v) is 8.86. The van der Waals surface area contributed by atoms with Crippen LogP contribution in [-0.4, -0.2) is 79.1 Å². The van der Waals surface area contributed by atoms with Gasteiger partial charge in [0.15, 0.2) is 6.29 Å². The van der Waals surface area contributed by atoms with Crippen molar-refractivity contribution in [2.75, 3.05) is 62.5 Å². The first-order valence-corrected chi connectivity index (χ1v) is 12.1. The van der Waals surface area contributed by atoms with Gasteiger partial charge in [0, 0.05) is 31.7 Å². The summed E-state index contributed by atoms with van der Waals surface area (Å²) in [6, 6.07) is 15.3. The summed E-state index contributed by atoms with van der Waals surface area (Å²) in [6.07, 6.45) is 2.66. The molecule has 0 amide bonds. The first-order chi connectivity index (χ1) is 16.7. The zero-order valence-corrected chi connectivity index (χ0v) is 19.9. The zero-order chi connectivity index (χ0) is 23.3. The maximum Gasteiger partial charge on any atom is 0.236 e. The van der Waals surface area contributed by atoms with Gasteiger partial charge in [0.25, 0.3) is 0 Å². The molecule has 34 heavy (non-hydrogen) atoms. The van der Waals surface area contributed by atoms with Crippen LogP contribution in [0.2, 0.25) is 0 Å². The summed E-state index contributed by atoms with van der Waals surface area (Å²) in [7, 11) is 4.01. The molecule has 0 unspecified atom stereocenters. The van der Waals surface area contributed by atoms with Crippen molar-refractivity contribution in [2.45, 2.75) is 31.6 Å². The van der Waals surface area contributed by atoms with Gasteiger partial charge in [-0.1, -0.05) is 30.3 Å². The smallest absolute Gasteiger partial charge is 0.236 e. The number of hydrogen-bond donors (Lipinski definition) is 2. The van der Waals surface area contributed by atoms with E-state index in [2.05, 4.69) is 74.9 Å². The third kappa shape index (κ3) is 5.22. The van der Waals surface area contributed by atoms with E-state index in [1.807, 2.05) is 7.05 Å². The van der Waals surface area contributed by atoms with Crippen molar-refractivity contribution < 1.29 is 9.47 Å². The molecule has 9 heteroatoms. The Kier molecular flexibility index (Phi) is 7.03. The first-order valence-electron chi connectivity index (χ1n) is 12.1. The molecule has 0 spiro atoms. The van der Waals surface area contributed by atoms with Crippen LogP contribution < -0.4 is 15.5 Å². The van der Waals surface area contributed by atoms with E-state index in [4.69, 9.17) is 19.4 Å². The van der Waals surface area contributed by atoms with Crippen LogP contribution in [-0.2, 0) is 9.47 Å². The van der Waals surface area contributed by atoms with E-state index in [0.29, 0.717) is 43.6 Å². The fraction of sp³-hybridized carbons (Fsp3) is 0.480. The predicted molar refractivity (Wildman–Crippen MR) is 135 cm³/mol. The van der Waals surface area contributed by atoms with Crippen LogP contribution in [0, 0.1) is 0 Å². The Labute approximate surface area is 200 Å². The highest BCUT2D eigenvalue weighted by Gasteiger charge is 2.28. The number of ether oxygens (including phenoxy) is 2. The Balaban J connectivity index is 1.46. The van der Waals surface area contributed by atoms with Crippen molar-refractivity contribution in [3.05, 3.63) is 42.5 Å². The Hall–Kier alpha value is -3.01. The molecular formula is C25H33N7O2. The van der Waals surface area contributed by atoms with E-state index in [-0.39, 0.29) is 6.29 Å². The number of nitrogens with one attached hydrogen (secondary N) is 2. The minimum absolute atomic E-state index is 0.161. The Morgan fingerprint density at radius 1 is 0.971 bits per heavy atom. The van der Waals surface area contributed by atoms with E-state index in [1.165, 1.54) is 10.8 Å². The summed E-state index contributed by atoms with van der Waals surface area (Å²) in [6.45, 7) is 4.06. The number of fused-ring (bicyclic) bond motifs is 1. The average molecular weight is 464 g/mol. The lowest BCUT2D eigenvalue weighted by Gasteiger charge is -2.37. The minimum atomic E-state index is -0.161. The van der Waals surface area contributed by atoms with Crippen molar-refractivity contribution in [3.8, 4) is 0 Å². The second-order valence-electron chi connectivity index (χ2n) is 8.86. The molecule has 0 saturated carbocycles. The van der Waals surface area contributed by atoms with Gasteiger partial charge < -0.3 is 29.9 Å². The van der Waals surface area contributed by atoms with Crippen molar-refractivity contribution in [2.24, 2.45) is 0 Å². The van der Waals surface area contributed by atoms with Gasteiger partial charge in [0.2, 0.25) is 17.8 Å². The molecule has 0 aliphatic carbocycles. The number of hydrogen-bond acceptors (Lipinski definition) is 9. The quantitative estimate of drug-likeness (QED) is 0.521. The lowest BCUT2D eigenvalue weighted by atomic mass is 10.0. The molecule has 2 aliphatic rings. The molecule has 0 bridgehead atoms. The van der Waals surface area contributed by atoms with Crippen molar-refractivity contribution >= 4 is 34.3 Å². The second kappa shape index (κ2) is 10.5. The molecule has 5 rings (SSSR count). The number of nitrogens with zero attached hydrogens (tertiary/aromatic N) is 5. The first kappa shape index (κ1) is 22.8. The Bertz CT molecular complexity index is 1100. The molecule has 0 radical (unpaired) electrons. The highest BCUT2D eigenvalue weighted by atomic mass is 16.7. The lowest BCUT2D eigenvalue weighted by molar-refractivity contribution is -0.0439. The molecule has 2 aromatic carbocycles. The van der Waals surface area contributed by atoms with Crippen molar-refractivity contribution in [3.63, 3.8) is 0 Å². The van der Waals surface area contributed by atoms with Crippen LogP contribution in [0.25, 0.3) is 10.8 Å². The maximum atomic E-state index is 5.54. The van der Waals surface area contributed by atoms with Gasteiger partial charge in [-0.25, -0.2) is 0 Å². The lowest BCUT2D eigenvalue weighted by Crippen LogP contribution is -2.42. The molecule has 2 saturated heterocycles. The zero-order valence-electron chi connectivity index (χ0n) is 19.9. The molecule has 2 N–H and O–H groups in total. The molecular weight excluding hydrogens is 430 g/mol. The van der Waals surface area contributed by atoms with Crippen molar-refractivity contribution in [1.29, 1.82) is 0 Å². The molecule has 3 aromatic rings. The van der Waals surface area contributed by atoms with Gasteiger partial charge in [0.05, 0.1) is 13.2 Å². The SMILES string of the molecule is CNc1nc(NCCC2OCCO2)nc(N(c2ccc3ccccc3c2)C2CCN(C)CC2)n1. The summed E-state index contributed by atoms with van der Waals surface area (Å²) in [5.74, 6) is 1.74. The van der Waals surface area contributed by atoms with Crippen LogP contribution in [0.15, 0.2) is 42.5 Å². The van der Waals surface area contributed by atoms with Crippen LogP contribution in [0.5, 0.6) is 0 Å². The van der Waals surface area contributed by atoms with E-state index < -0.39 is 0 Å². The van der Waals surface area contributed by atoms with Gasteiger partial charge in [-0.05, 0) is 55.9 Å². The third-order valence-corrected chi connectivity index (χ3v) is 6.48. The fourth-order valence-corrected chi connectivity index (χ4v) is 4.61. The molecule has 2 fully saturated rings. The maximum absolute atomic E-state index is 5.54. The standard InChI is InChI=1S/C25H33N7O2/c1-26-23-28-24(27-12-9-22-33-15-16-34-22)30-25(29-23)32(20-10-13-31(2)14-11-20)21-8-7-18-5-3-4-6-19(18)17-21/h3-8,17,20,22H,9-16H2,1-2H3,(H2,26,27,28,29,30). The van der Waals surface area contributed by atoms with Gasteiger partial charge in [-0.2, -0.15) is 15.0 Å². The minimum Gasteiger partial charge on any atom is -0.357 e. The van der Waals surface area contributed by atoms with Crippen LogP contribution >= 0.6 is 0 Å². The predicted octanol–water partition coefficient (Wildman–Crippen LogP) is 3.47. The number of aromatic nitrogens is 3. The number of likely N-dealkylation sites (tertiary alicyclic amines) is 1. The summed E-state index contributed by atoms with van der Waals surface area (Å²) in [5, 5.41) is 8.86. The number of benzene rings is 2. The summed E-state index contributed by atoms with van der Waals surface area (Å²) in [4.78, 5) is 18.8. The van der Waals surface area contributed by atoms with Crippen LogP contribution in [0.3, 0.4) is 0 Å². The highest BCUT2D eigenvalue weighted by molar-refractivity contribution is 5.86. The molecule has 0 atom stereocenters. The van der Waals surface area contributed by atoms with Gasteiger partial charge >= 0.3 is 0 Å². The summed E-state index contributed by atoms with van der Waals surface area (Å²) < 4.78 is 11.1. The van der Waals surface area contributed by atoms with E-state index in [9.17, 15) is 0 Å². The molecule has 180 valence electrons. The van der Waals surface area contributed by atoms with Crippen LogP contribution in [0.4, 0.5) is 23.5 Å². The largest absolute Gasteiger partial charge is 0.357 e.